The van der Waals surface area contributed by atoms with Gasteiger partial charge in [-0.2, -0.15) is 4.31 Å². The predicted molar refractivity (Wildman–Crippen MR) is 151 cm³/mol. The van der Waals surface area contributed by atoms with Gasteiger partial charge >= 0.3 is 0 Å². The Morgan fingerprint density at radius 1 is 1.05 bits per heavy atom. The molecule has 206 valence electrons. The number of anilines is 1. The molecular formula is C30H35N3O5S. The SMILES string of the molecule is Cc1cc(C)c(C=Cc2onc(C)c2S(=O)(=O)N2CCCC(C(=O)N3CC(C)Oc4ccccc43)C2)c(C)c1. The fourth-order valence-electron chi connectivity index (χ4n) is 5.72. The van der Waals surface area contributed by atoms with Crippen molar-refractivity contribution in [3.8, 4) is 5.75 Å². The third-order valence-electron chi connectivity index (χ3n) is 7.49. The zero-order chi connectivity index (χ0) is 27.9. The van der Waals surface area contributed by atoms with Gasteiger partial charge in [-0.1, -0.05) is 41.1 Å². The number of benzene rings is 2. The first-order chi connectivity index (χ1) is 18.6. The number of carbonyl (C=O) groups excluding carboxylic acids is 1. The number of hydrogen-bond donors (Lipinski definition) is 0. The van der Waals surface area contributed by atoms with Gasteiger partial charge in [-0.05, 0) is 82.4 Å². The molecule has 1 amide bonds. The van der Waals surface area contributed by atoms with Crippen LogP contribution in [0.1, 0.15) is 53.5 Å². The van der Waals surface area contributed by atoms with Crippen LogP contribution in [0.2, 0.25) is 0 Å². The predicted octanol–water partition coefficient (Wildman–Crippen LogP) is 5.29. The second kappa shape index (κ2) is 10.6. The van der Waals surface area contributed by atoms with Crippen LogP contribution in [0.4, 0.5) is 5.69 Å². The highest BCUT2D eigenvalue weighted by Crippen LogP contribution is 2.36. The van der Waals surface area contributed by atoms with Crippen LogP contribution in [0.15, 0.2) is 45.8 Å². The van der Waals surface area contributed by atoms with Crippen LogP contribution < -0.4 is 9.64 Å². The van der Waals surface area contributed by atoms with Gasteiger partial charge in [0.25, 0.3) is 0 Å². The molecule has 39 heavy (non-hydrogen) atoms. The van der Waals surface area contributed by atoms with E-state index in [0.29, 0.717) is 37.4 Å². The summed E-state index contributed by atoms with van der Waals surface area (Å²) in [5.74, 6) is 0.325. The lowest BCUT2D eigenvalue weighted by molar-refractivity contribution is -0.123. The molecule has 2 aliphatic rings. The van der Waals surface area contributed by atoms with Gasteiger partial charge in [-0.15, -0.1) is 0 Å². The summed E-state index contributed by atoms with van der Waals surface area (Å²) in [6.07, 6.45) is 4.62. The van der Waals surface area contributed by atoms with E-state index in [9.17, 15) is 13.2 Å². The number of para-hydroxylation sites is 2. The number of piperidine rings is 1. The van der Waals surface area contributed by atoms with E-state index in [-0.39, 0.29) is 29.2 Å². The Balaban J connectivity index is 1.40. The molecule has 0 radical (unpaired) electrons. The summed E-state index contributed by atoms with van der Waals surface area (Å²) in [5.41, 5.74) is 5.41. The Morgan fingerprint density at radius 2 is 1.77 bits per heavy atom. The van der Waals surface area contributed by atoms with Crippen molar-refractivity contribution in [1.82, 2.24) is 9.46 Å². The van der Waals surface area contributed by atoms with Gasteiger partial charge in [0.2, 0.25) is 15.9 Å². The van der Waals surface area contributed by atoms with Crippen molar-refractivity contribution in [3.63, 3.8) is 0 Å². The number of hydrogen-bond acceptors (Lipinski definition) is 6. The summed E-state index contributed by atoms with van der Waals surface area (Å²) in [6, 6.07) is 11.7. The minimum Gasteiger partial charge on any atom is -0.487 e. The number of rotatable bonds is 5. The van der Waals surface area contributed by atoms with E-state index in [1.807, 2.05) is 58.0 Å². The second-order valence-electron chi connectivity index (χ2n) is 10.7. The molecule has 5 rings (SSSR count). The molecule has 2 unspecified atom stereocenters. The molecule has 3 aromatic rings. The van der Waals surface area contributed by atoms with Gasteiger partial charge in [0.1, 0.15) is 17.5 Å². The number of aryl methyl sites for hydroxylation is 4. The van der Waals surface area contributed by atoms with Gasteiger partial charge in [0, 0.05) is 13.1 Å². The number of fused-ring (bicyclic) bond motifs is 1. The van der Waals surface area contributed by atoms with Gasteiger partial charge in [0.05, 0.1) is 18.2 Å². The van der Waals surface area contributed by atoms with E-state index in [0.717, 1.165) is 22.4 Å². The molecule has 3 heterocycles. The highest BCUT2D eigenvalue weighted by molar-refractivity contribution is 7.89. The lowest BCUT2D eigenvalue weighted by Crippen LogP contribution is -2.50. The third-order valence-corrected chi connectivity index (χ3v) is 9.52. The van der Waals surface area contributed by atoms with E-state index >= 15 is 0 Å². The van der Waals surface area contributed by atoms with Crippen molar-refractivity contribution < 1.29 is 22.5 Å². The minimum atomic E-state index is -3.95. The van der Waals surface area contributed by atoms with Crippen LogP contribution >= 0.6 is 0 Å². The summed E-state index contributed by atoms with van der Waals surface area (Å²) in [4.78, 5) is 15.5. The van der Waals surface area contributed by atoms with Gasteiger partial charge in [0.15, 0.2) is 10.7 Å². The molecule has 2 aromatic carbocycles. The zero-order valence-electron chi connectivity index (χ0n) is 23.1. The molecule has 2 atom stereocenters. The summed E-state index contributed by atoms with van der Waals surface area (Å²) in [5, 5.41) is 3.99. The maximum atomic E-state index is 13.9. The Kier molecular flexibility index (Phi) is 7.39. The summed E-state index contributed by atoms with van der Waals surface area (Å²) in [6.45, 7) is 10.5. The normalized spacial score (nSPS) is 20.2. The van der Waals surface area contributed by atoms with Gasteiger partial charge < -0.3 is 14.2 Å². The largest absolute Gasteiger partial charge is 0.487 e. The smallest absolute Gasteiger partial charge is 0.248 e. The molecule has 2 aliphatic heterocycles. The van der Waals surface area contributed by atoms with Crippen molar-refractivity contribution in [2.24, 2.45) is 5.92 Å². The van der Waals surface area contributed by atoms with Gasteiger partial charge in [-0.25, -0.2) is 8.42 Å². The van der Waals surface area contributed by atoms with Crippen molar-refractivity contribution in [2.75, 3.05) is 24.5 Å². The number of amides is 1. The average molecular weight is 550 g/mol. The van der Waals surface area contributed by atoms with Crippen LogP contribution in [0, 0.1) is 33.6 Å². The topological polar surface area (TPSA) is 93.0 Å². The summed E-state index contributed by atoms with van der Waals surface area (Å²) >= 11 is 0. The fourth-order valence-corrected chi connectivity index (χ4v) is 7.50. The van der Waals surface area contributed by atoms with Crippen LogP contribution in [0.5, 0.6) is 5.75 Å². The average Bonchev–Trinajstić information content (AvgIpc) is 3.28. The molecule has 8 nitrogen and oxygen atoms in total. The molecule has 0 aliphatic carbocycles. The van der Waals surface area contributed by atoms with Crippen LogP contribution in [-0.2, 0) is 14.8 Å². The first-order valence-corrected chi connectivity index (χ1v) is 14.8. The highest BCUT2D eigenvalue weighted by atomic mass is 32.2. The van der Waals surface area contributed by atoms with Gasteiger partial charge in [-0.3, -0.25) is 4.79 Å². The minimum absolute atomic E-state index is 0.0552. The van der Waals surface area contributed by atoms with E-state index < -0.39 is 15.9 Å². The molecule has 1 saturated heterocycles. The van der Waals surface area contributed by atoms with E-state index in [1.54, 1.807) is 17.9 Å². The van der Waals surface area contributed by atoms with Crippen molar-refractivity contribution in [3.05, 3.63) is 70.1 Å². The second-order valence-corrected chi connectivity index (χ2v) is 12.5. The molecule has 0 N–H and O–H groups in total. The zero-order valence-corrected chi connectivity index (χ0v) is 23.9. The lowest BCUT2D eigenvalue weighted by atomic mass is 9.97. The Morgan fingerprint density at radius 3 is 2.51 bits per heavy atom. The Labute approximate surface area is 230 Å². The van der Waals surface area contributed by atoms with Crippen molar-refractivity contribution in [1.29, 1.82) is 0 Å². The van der Waals surface area contributed by atoms with E-state index in [1.165, 1.54) is 9.87 Å². The Bertz CT molecular complexity index is 1520. The molecule has 0 bridgehead atoms. The van der Waals surface area contributed by atoms with Crippen LogP contribution in [-0.4, -0.2) is 49.5 Å². The van der Waals surface area contributed by atoms with Crippen molar-refractivity contribution in [2.45, 2.75) is 58.5 Å². The van der Waals surface area contributed by atoms with Crippen LogP contribution in [0.3, 0.4) is 0 Å². The number of nitrogens with zero attached hydrogens (tertiary/aromatic N) is 3. The standard InChI is InChI=1S/C30H35N3O5S/c1-19-15-20(2)25(21(3)16-19)12-13-28-29(23(5)31-38-28)39(35,36)32-14-8-9-24(18-32)30(34)33-17-22(4)37-27-11-7-6-10-26(27)33/h6-7,10-13,15-16,22,24H,8-9,14,17-18H2,1-5H3. The van der Waals surface area contributed by atoms with E-state index in [4.69, 9.17) is 9.26 Å². The molecule has 1 fully saturated rings. The molecular weight excluding hydrogens is 514 g/mol. The number of sulfonamides is 1. The first kappa shape index (κ1) is 27.1. The Hall–Kier alpha value is -3.43. The molecule has 9 heteroatoms. The fraction of sp³-hybridized carbons (Fsp3) is 0.400. The quantitative estimate of drug-likeness (QED) is 0.429. The highest BCUT2D eigenvalue weighted by Gasteiger charge is 2.39. The monoisotopic (exact) mass is 549 g/mol. The molecule has 0 saturated carbocycles. The maximum Gasteiger partial charge on any atom is 0.248 e. The van der Waals surface area contributed by atoms with Crippen molar-refractivity contribution >= 4 is 33.8 Å². The van der Waals surface area contributed by atoms with Crippen LogP contribution in [0.25, 0.3) is 12.2 Å². The molecule has 0 spiro atoms. The summed E-state index contributed by atoms with van der Waals surface area (Å²) < 4.78 is 40.6. The third kappa shape index (κ3) is 5.25. The lowest BCUT2D eigenvalue weighted by Gasteiger charge is -2.38. The summed E-state index contributed by atoms with van der Waals surface area (Å²) in [7, 11) is -3.95. The van der Waals surface area contributed by atoms with E-state index in [2.05, 4.69) is 17.3 Å². The maximum absolute atomic E-state index is 13.9. The first-order valence-electron chi connectivity index (χ1n) is 13.4. The number of carbonyl (C=O) groups is 1. The number of ether oxygens (including phenoxy) is 1. The number of aromatic nitrogens is 1. The molecule has 1 aromatic heterocycles.